The Morgan fingerprint density at radius 2 is 2.11 bits per heavy atom. The Morgan fingerprint density at radius 1 is 1.28 bits per heavy atom. The van der Waals surface area contributed by atoms with Crippen LogP contribution in [0.15, 0.2) is 24.4 Å². The van der Waals surface area contributed by atoms with Crippen LogP contribution in [-0.4, -0.2) is 16.7 Å². The molecule has 5 heteroatoms. The summed E-state index contributed by atoms with van der Waals surface area (Å²) in [5.41, 5.74) is 3.11. The Hall–Kier alpha value is -1.03. The molecule has 0 aliphatic rings. The molecule has 0 saturated carbocycles. The van der Waals surface area contributed by atoms with E-state index in [1.54, 1.807) is 6.07 Å². The number of H-pyrrole nitrogens is 1. The molecule has 0 amide bonds. The number of rotatable bonds is 5. The summed E-state index contributed by atoms with van der Waals surface area (Å²) in [5, 5.41) is 11.6. The molecule has 0 aliphatic carbocycles. The van der Waals surface area contributed by atoms with Gasteiger partial charge in [-0.05, 0) is 25.1 Å². The van der Waals surface area contributed by atoms with Crippen LogP contribution in [0.3, 0.4) is 0 Å². The highest BCUT2D eigenvalue weighted by molar-refractivity contribution is 6.42. The third-order valence-electron chi connectivity index (χ3n) is 2.67. The Morgan fingerprint density at radius 3 is 2.83 bits per heavy atom. The first-order valence-corrected chi connectivity index (χ1v) is 6.66. The molecule has 1 heterocycles. The molecule has 96 valence electrons. The lowest BCUT2D eigenvalue weighted by atomic mass is 10.1. The summed E-state index contributed by atoms with van der Waals surface area (Å²) in [4.78, 5) is 0. The molecule has 0 aliphatic heterocycles. The third kappa shape index (κ3) is 3.05. The number of nitrogens with one attached hydrogen (secondary N) is 2. The second-order valence-electron chi connectivity index (χ2n) is 4.08. The van der Waals surface area contributed by atoms with E-state index in [2.05, 4.69) is 22.4 Å². The monoisotopic (exact) mass is 283 g/mol. The second-order valence-corrected chi connectivity index (χ2v) is 4.89. The smallest absolute Gasteiger partial charge is 0.0695 e. The predicted molar refractivity (Wildman–Crippen MR) is 76.0 cm³/mol. The van der Waals surface area contributed by atoms with Crippen molar-refractivity contribution in [1.29, 1.82) is 0 Å². The summed E-state index contributed by atoms with van der Waals surface area (Å²) in [7, 11) is 0. The molecule has 2 rings (SSSR count). The molecule has 3 nitrogen and oxygen atoms in total. The lowest BCUT2D eigenvalue weighted by Crippen LogP contribution is -2.13. The van der Waals surface area contributed by atoms with Gasteiger partial charge in [0.25, 0.3) is 0 Å². The SMILES string of the molecule is CCCNCc1cn[nH]c1-c1ccc(Cl)c(Cl)c1. The van der Waals surface area contributed by atoms with Crippen LogP contribution in [0.5, 0.6) is 0 Å². The molecule has 2 N–H and O–H groups in total. The van der Waals surface area contributed by atoms with Crippen molar-refractivity contribution < 1.29 is 0 Å². The highest BCUT2D eigenvalue weighted by atomic mass is 35.5. The molecular formula is C13H15Cl2N3. The normalized spacial score (nSPS) is 10.8. The molecule has 0 radical (unpaired) electrons. The van der Waals surface area contributed by atoms with E-state index in [-0.39, 0.29) is 0 Å². The van der Waals surface area contributed by atoms with Crippen molar-refractivity contribution in [2.45, 2.75) is 19.9 Å². The van der Waals surface area contributed by atoms with E-state index in [0.29, 0.717) is 10.0 Å². The molecule has 18 heavy (non-hydrogen) atoms. The van der Waals surface area contributed by atoms with E-state index in [1.165, 1.54) is 0 Å². The maximum absolute atomic E-state index is 6.03. The van der Waals surface area contributed by atoms with Gasteiger partial charge in [0, 0.05) is 17.7 Å². The lowest BCUT2D eigenvalue weighted by Gasteiger charge is -2.05. The zero-order chi connectivity index (χ0) is 13.0. The van der Waals surface area contributed by atoms with Crippen LogP contribution in [0.1, 0.15) is 18.9 Å². The summed E-state index contributed by atoms with van der Waals surface area (Å²) >= 11 is 11.9. The molecule has 0 fully saturated rings. The van der Waals surface area contributed by atoms with E-state index in [1.807, 2.05) is 18.3 Å². The zero-order valence-electron chi connectivity index (χ0n) is 10.1. The Bertz CT molecular complexity index is 523. The van der Waals surface area contributed by atoms with Crippen molar-refractivity contribution in [3.05, 3.63) is 40.0 Å². The van der Waals surface area contributed by atoms with Crippen LogP contribution in [0.4, 0.5) is 0 Å². The molecule has 2 aromatic rings. The lowest BCUT2D eigenvalue weighted by molar-refractivity contribution is 0.676. The van der Waals surface area contributed by atoms with E-state index in [4.69, 9.17) is 23.2 Å². The second kappa shape index (κ2) is 6.23. The molecule has 1 aromatic heterocycles. The molecule has 0 bridgehead atoms. The minimum Gasteiger partial charge on any atom is -0.313 e. The Balaban J connectivity index is 2.22. The fraction of sp³-hybridized carbons (Fsp3) is 0.308. The van der Waals surface area contributed by atoms with Crippen LogP contribution in [0.2, 0.25) is 10.0 Å². The topological polar surface area (TPSA) is 40.7 Å². The fourth-order valence-corrected chi connectivity index (χ4v) is 2.04. The Labute approximate surface area is 117 Å². The standard InChI is InChI=1S/C13H15Cl2N3/c1-2-5-16-7-10-8-17-18-13(10)9-3-4-11(14)12(15)6-9/h3-4,6,8,16H,2,5,7H2,1H3,(H,17,18). The van der Waals surface area contributed by atoms with E-state index < -0.39 is 0 Å². The minimum absolute atomic E-state index is 0.552. The number of aromatic amines is 1. The number of aromatic nitrogens is 2. The summed E-state index contributed by atoms with van der Waals surface area (Å²) in [5.74, 6) is 0. The molecular weight excluding hydrogens is 269 g/mol. The van der Waals surface area contributed by atoms with Gasteiger partial charge in [0.05, 0.1) is 21.9 Å². The number of benzene rings is 1. The number of hydrogen-bond donors (Lipinski definition) is 2. The molecule has 0 saturated heterocycles. The van der Waals surface area contributed by atoms with Gasteiger partial charge in [0.15, 0.2) is 0 Å². The maximum atomic E-state index is 6.03. The zero-order valence-corrected chi connectivity index (χ0v) is 11.6. The van der Waals surface area contributed by atoms with Gasteiger partial charge in [-0.1, -0.05) is 36.2 Å². The van der Waals surface area contributed by atoms with E-state index in [0.717, 1.165) is 36.3 Å². The van der Waals surface area contributed by atoms with Gasteiger partial charge in [0.1, 0.15) is 0 Å². The predicted octanol–water partition coefficient (Wildman–Crippen LogP) is 3.88. The van der Waals surface area contributed by atoms with E-state index >= 15 is 0 Å². The van der Waals surface area contributed by atoms with Crippen LogP contribution < -0.4 is 5.32 Å². The van der Waals surface area contributed by atoms with Crippen LogP contribution in [-0.2, 0) is 6.54 Å². The van der Waals surface area contributed by atoms with Crippen molar-refractivity contribution in [2.24, 2.45) is 0 Å². The third-order valence-corrected chi connectivity index (χ3v) is 3.41. The van der Waals surface area contributed by atoms with Crippen molar-refractivity contribution >= 4 is 23.2 Å². The van der Waals surface area contributed by atoms with Gasteiger partial charge >= 0.3 is 0 Å². The summed E-state index contributed by atoms with van der Waals surface area (Å²) in [6, 6.07) is 5.58. The number of halogens is 2. The van der Waals surface area contributed by atoms with Crippen molar-refractivity contribution in [1.82, 2.24) is 15.5 Å². The quantitative estimate of drug-likeness (QED) is 0.818. The van der Waals surface area contributed by atoms with Crippen molar-refractivity contribution in [3.63, 3.8) is 0 Å². The first-order chi connectivity index (χ1) is 8.72. The van der Waals surface area contributed by atoms with Crippen molar-refractivity contribution in [2.75, 3.05) is 6.54 Å². The van der Waals surface area contributed by atoms with Crippen LogP contribution >= 0.6 is 23.2 Å². The van der Waals surface area contributed by atoms with Crippen LogP contribution in [0, 0.1) is 0 Å². The average molecular weight is 284 g/mol. The van der Waals surface area contributed by atoms with Crippen LogP contribution in [0.25, 0.3) is 11.3 Å². The molecule has 0 atom stereocenters. The van der Waals surface area contributed by atoms with Gasteiger partial charge in [-0.2, -0.15) is 5.10 Å². The van der Waals surface area contributed by atoms with Crippen molar-refractivity contribution in [3.8, 4) is 11.3 Å². The van der Waals surface area contributed by atoms with Gasteiger partial charge in [-0.25, -0.2) is 0 Å². The summed E-state index contributed by atoms with van der Waals surface area (Å²) in [6.07, 6.45) is 2.94. The molecule has 0 spiro atoms. The summed E-state index contributed by atoms with van der Waals surface area (Å²) in [6.45, 7) is 3.92. The van der Waals surface area contributed by atoms with Gasteiger partial charge in [-0.3, -0.25) is 5.10 Å². The van der Waals surface area contributed by atoms with Gasteiger partial charge in [0.2, 0.25) is 0 Å². The van der Waals surface area contributed by atoms with E-state index in [9.17, 15) is 0 Å². The minimum atomic E-state index is 0.552. The first kappa shape index (κ1) is 13.4. The fourth-order valence-electron chi connectivity index (χ4n) is 1.75. The summed E-state index contributed by atoms with van der Waals surface area (Å²) < 4.78 is 0. The Kier molecular flexibility index (Phi) is 4.64. The largest absolute Gasteiger partial charge is 0.313 e. The van der Waals surface area contributed by atoms with Gasteiger partial charge < -0.3 is 5.32 Å². The average Bonchev–Trinajstić information content (AvgIpc) is 2.81. The molecule has 0 unspecified atom stereocenters. The highest BCUT2D eigenvalue weighted by Crippen LogP contribution is 2.29. The van der Waals surface area contributed by atoms with Gasteiger partial charge in [-0.15, -0.1) is 0 Å². The molecule has 1 aromatic carbocycles. The highest BCUT2D eigenvalue weighted by Gasteiger charge is 2.09. The number of nitrogens with zero attached hydrogens (tertiary/aromatic N) is 1. The number of hydrogen-bond acceptors (Lipinski definition) is 2. The maximum Gasteiger partial charge on any atom is 0.0695 e. The first-order valence-electron chi connectivity index (χ1n) is 5.90.